The summed E-state index contributed by atoms with van der Waals surface area (Å²) in [5, 5.41) is 0.865. The lowest BCUT2D eigenvalue weighted by Crippen LogP contribution is -1.98. The lowest BCUT2D eigenvalue weighted by atomic mass is 10.0. The van der Waals surface area contributed by atoms with Crippen LogP contribution in [0.3, 0.4) is 0 Å². The summed E-state index contributed by atoms with van der Waals surface area (Å²) in [6.45, 7) is 2.16. The number of hydrogen-bond acceptors (Lipinski definition) is 0. The summed E-state index contributed by atoms with van der Waals surface area (Å²) in [5.41, 5.74) is 1.22. The van der Waals surface area contributed by atoms with Crippen molar-refractivity contribution < 1.29 is 0 Å². The molecule has 0 aliphatic heterocycles. The molecule has 1 rings (SSSR count). The first-order valence-electron chi connectivity index (χ1n) is 4.53. The van der Waals surface area contributed by atoms with Crippen LogP contribution in [-0.4, -0.2) is 5.88 Å². The molecule has 0 fully saturated rings. The smallest absolute Gasteiger partial charge is 0.0437 e. The summed E-state index contributed by atoms with van der Waals surface area (Å²) in [6, 6.07) is 7.98. The SMILES string of the molecule is CC(CCl)CCc1ccccc1Cl. The van der Waals surface area contributed by atoms with Gasteiger partial charge in [-0.25, -0.2) is 0 Å². The summed E-state index contributed by atoms with van der Waals surface area (Å²) in [6.07, 6.45) is 2.13. The Hall–Kier alpha value is -0.200. The van der Waals surface area contributed by atoms with E-state index in [0.717, 1.165) is 23.7 Å². The third kappa shape index (κ3) is 3.58. The average molecular weight is 217 g/mol. The van der Waals surface area contributed by atoms with Crippen LogP contribution in [0.4, 0.5) is 0 Å². The fraction of sp³-hybridized carbons (Fsp3) is 0.455. The molecule has 0 aliphatic rings. The molecule has 1 aromatic carbocycles. The van der Waals surface area contributed by atoms with Crippen LogP contribution in [0.2, 0.25) is 5.02 Å². The van der Waals surface area contributed by atoms with Crippen molar-refractivity contribution in [2.75, 3.05) is 5.88 Å². The van der Waals surface area contributed by atoms with Crippen molar-refractivity contribution in [2.45, 2.75) is 19.8 Å². The Morgan fingerprint density at radius 1 is 1.31 bits per heavy atom. The molecule has 0 amide bonds. The molecular formula is C11H14Cl2. The molecule has 0 aliphatic carbocycles. The molecule has 0 nitrogen and oxygen atoms in total. The first kappa shape index (κ1) is 10.9. The van der Waals surface area contributed by atoms with Gasteiger partial charge >= 0.3 is 0 Å². The molecule has 0 bridgehead atoms. The Kier molecular flexibility index (Phi) is 4.61. The molecule has 0 radical (unpaired) electrons. The van der Waals surface area contributed by atoms with E-state index in [2.05, 4.69) is 13.0 Å². The molecule has 2 heteroatoms. The molecule has 1 aromatic rings. The molecular weight excluding hydrogens is 203 g/mol. The average Bonchev–Trinajstić information content (AvgIpc) is 2.16. The highest BCUT2D eigenvalue weighted by Crippen LogP contribution is 2.18. The third-order valence-corrected chi connectivity index (χ3v) is 3.02. The van der Waals surface area contributed by atoms with Gasteiger partial charge in [-0.1, -0.05) is 36.7 Å². The normalized spacial score (nSPS) is 12.8. The van der Waals surface area contributed by atoms with Gasteiger partial charge in [-0.05, 0) is 30.4 Å². The number of alkyl halides is 1. The molecule has 0 aromatic heterocycles. The van der Waals surface area contributed by atoms with Gasteiger partial charge in [-0.3, -0.25) is 0 Å². The maximum atomic E-state index is 6.02. The lowest BCUT2D eigenvalue weighted by molar-refractivity contribution is 0.593. The van der Waals surface area contributed by atoms with Gasteiger partial charge in [0.15, 0.2) is 0 Å². The van der Waals surface area contributed by atoms with Crippen LogP contribution in [-0.2, 0) is 6.42 Å². The molecule has 13 heavy (non-hydrogen) atoms. The van der Waals surface area contributed by atoms with Crippen LogP contribution in [0.15, 0.2) is 24.3 Å². The Balaban J connectivity index is 2.50. The topological polar surface area (TPSA) is 0 Å². The van der Waals surface area contributed by atoms with Gasteiger partial charge in [0, 0.05) is 10.9 Å². The zero-order valence-electron chi connectivity index (χ0n) is 7.76. The van der Waals surface area contributed by atoms with Gasteiger partial charge in [0.05, 0.1) is 0 Å². The van der Waals surface area contributed by atoms with Gasteiger partial charge in [0.2, 0.25) is 0 Å². The molecule has 0 N–H and O–H groups in total. The van der Waals surface area contributed by atoms with E-state index in [-0.39, 0.29) is 0 Å². The molecule has 0 saturated heterocycles. The highest BCUT2D eigenvalue weighted by atomic mass is 35.5. The van der Waals surface area contributed by atoms with Gasteiger partial charge in [0.1, 0.15) is 0 Å². The summed E-state index contributed by atoms with van der Waals surface area (Å²) < 4.78 is 0. The molecule has 1 unspecified atom stereocenters. The second-order valence-corrected chi connectivity index (χ2v) is 4.11. The monoisotopic (exact) mass is 216 g/mol. The van der Waals surface area contributed by atoms with Crippen molar-refractivity contribution in [3.05, 3.63) is 34.9 Å². The minimum Gasteiger partial charge on any atom is -0.126 e. The van der Waals surface area contributed by atoms with E-state index in [1.807, 2.05) is 18.2 Å². The molecule has 0 saturated carbocycles. The number of halogens is 2. The van der Waals surface area contributed by atoms with E-state index in [4.69, 9.17) is 23.2 Å². The van der Waals surface area contributed by atoms with Crippen LogP contribution < -0.4 is 0 Å². The number of benzene rings is 1. The second kappa shape index (κ2) is 5.51. The van der Waals surface area contributed by atoms with Crippen molar-refractivity contribution >= 4 is 23.2 Å². The van der Waals surface area contributed by atoms with Crippen LogP contribution in [0.25, 0.3) is 0 Å². The fourth-order valence-electron chi connectivity index (χ4n) is 1.18. The Morgan fingerprint density at radius 3 is 2.62 bits per heavy atom. The minimum absolute atomic E-state index is 0.568. The maximum absolute atomic E-state index is 6.02. The van der Waals surface area contributed by atoms with Crippen molar-refractivity contribution in [2.24, 2.45) is 5.92 Å². The van der Waals surface area contributed by atoms with Crippen molar-refractivity contribution in [3.63, 3.8) is 0 Å². The second-order valence-electron chi connectivity index (χ2n) is 3.39. The summed E-state index contributed by atoms with van der Waals surface area (Å²) in [5.74, 6) is 1.29. The van der Waals surface area contributed by atoms with Crippen LogP contribution in [0.1, 0.15) is 18.9 Å². The van der Waals surface area contributed by atoms with E-state index < -0.39 is 0 Å². The summed E-state index contributed by atoms with van der Waals surface area (Å²) >= 11 is 11.7. The number of aryl methyl sites for hydroxylation is 1. The highest BCUT2D eigenvalue weighted by Gasteiger charge is 2.03. The van der Waals surface area contributed by atoms with Gasteiger partial charge in [-0.15, -0.1) is 11.6 Å². The van der Waals surface area contributed by atoms with Crippen LogP contribution >= 0.6 is 23.2 Å². The van der Waals surface area contributed by atoms with Gasteiger partial charge in [0.25, 0.3) is 0 Å². The zero-order valence-corrected chi connectivity index (χ0v) is 9.28. The van der Waals surface area contributed by atoms with E-state index in [1.165, 1.54) is 5.56 Å². The van der Waals surface area contributed by atoms with Crippen molar-refractivity contribution in [3.8, 4) is 0 Å². The third-order valence-electron chi connectivity index (χ3n) is 2.13. The fourth-order valence-corrected chi connectivity index (χ4v) is 1.56. The molecule has 72 valence electrons. The van der Waals surface area contributed by atoms with Crippen molar-refractivity contribution in [1.82, 2.24) is 0 Å². The standard InChI is InChI=1S/C11H14Cl2/c1-9(8-12)6-7-10-4-2-3-5-11(10)13/h2-5,9H,6-8H2,1H3. The quantitative estimate of drug-likeness (QED) is 0.664. The first-order valence-corrected chi connectivity index (χ1v) is 5.44. The molecule has 1 atom stereocenters. The van der Waals surface area contributed by atoms with E-state index in [0.29, 0.717) is 5.92 Å². The van der Waals surface area contributed by atoms with E-state index in [9.17, 15) is 0 Å². The predicted molar refractivity (Wildman–Crippen MR) is 59.7 cm³/mol. The number of hydrogen-bond donors (Lipinski definition) is 0. The van der Waals surface area contributed by atoms with E-state index in [1.54, 1.807) is 0 Å². The van der Waals surface area contributed by atoms with Crippen LogP contribution in [0, 0.1) is 5.92 Å². The summed E-state index contributed by atoms with van der Waals surface area (Å²) in [4.78, 5) is 0. The number of rotatable bonds is 4. The zero-order chi connectivity index (χ0) is 9.68. The highest BCUT2D eigenvalue weighted by molar-refractivity contribution is 6.31. The predicted octanol–water partition coefficient (Wildman–Crippen LogP) is 4.15. The van der Waals surface area contributed by atoms with Crippen molar-refractivity contribution in [1.29, 1.82) is 0 Å². The lowest BCUT2D eigenvalue weighted by Gasteiger charge is -2.07. The Labute approximate surface area is 89.9 Å². The van der Waals surface area contributed by atoms with E-state index >= 15 is 0 Å². The minimum atomic E-state index is 0.568. The first-order chi connectivity index (χ1) is 6.24. The summed E-state index contributed by atoms with van der Waals surface area (Å²) in [7, 11) is 0. The molecule has 0 spiro atoms. The maximum Gasteiger partial charge on any atom is 0.0437 e. The Morgan fingerprint density at radius 2 is 2.00 bits per heavy atom. The van der Waals surface area contributed by atoms with Crippen LogP contribution in [0.5, 0.6) is 0 Å². The molecule has 0 heterocycles. The van der Waals surface area contributed by atoms with Gasteiger partial charge in [-0.2, -0.15) is 0 Å². The van der Waals surface area contributed by atoms with Gasteiger partial charge < -0.3 is 0 Å². The Bertz CT molecular complexity index is 258. The largest absolute Gasteiger partial charge is 0.126 e.